The van der Waals surface area contributed by atoms with Gasteiger partial charge in [-0.05, 0) is 0 Å². The molecule has 0 atom stereocenters. The monoisotopic (exact) mass is 126 g/mol. The first kappa shape index (κ1) is 15.8. The predicted octanol–water partition coefficient (Wildman–Crippen LogP) is -6.80. The van der Waals surface area contributed by atoms with E-state index in [0.29, 0.717) is 0 Å². The number of aliphatic hydroxyl groups excluding tert-OH is 2. The molecule has 0 aliphatic carbocycles. The van der Waals surface area contributed by atoms with Gasteiger partial charge in [0.1, 0.15) is 0 Å². The van der Waals surface area contributed by atoms with Gasteiger partial charge >= 0.3 is 80.9 Å². The first-order chi connectivity index (χ1) is 1.91. The van der Waals surface area contributed by atoms with Gasteiger partial charge in [-0.2, -0.15) is 0 Å². The maximum Gasteiger partial charge on any atom is 1.00 e. The van der Waals surface area contributed by atoms with E-state index in [1.807, 2.05) is 0 Å². The Hall–Kier alpha value is 2.56. The summed E-state index contributed by atoms with van der Waals surface area (Å²) in [4.78, 5) is 0. The molecule has 0 bridgehead atoms. The second-order valence-corrected chi connectivity index (χ2v) is 0.447. The summed E-state index contributed by atoms with van der Waals surface area (Å²) in [6.07, 6.45) is 0. The van der Waals surface area contributed by atoms with Crippen molar-refractivity contribution < 1.29 is 94.0 Å². The van der Waals surface area contributed by atoms with E-state index in [0.717, 1.165) is 0 Å². The quantitative estimate of drug-likeness (QED) is 0.343. The molecular weight excluding hydrogens is 118 g/mol. The van der Waals surface area contributed by atoms with E-state index in [4.69, 9.17) is 10.2 Å². The molecule has 0 radical (unpaired) electrons. The zero-order chi connectivity index (χ0) is 3.41. The number of hydrogen-bond donors (Lipinski definition) is 2. The van der Waals surface area contributed by atoms with Crippen LogP contribution in [0, 0.1) is 0 Å². The fraction of sp³-hybridized carbons (Fsp3) is 1.00. The maximum absolute atomic E-state index is 7.62. The minimum absolute atomic E-state index is 0. The second-order valence-electron chi connectivity index (χ2n) is 0.447. The Labute approximate surface area is 105 Å². The van der Waals surface area contributed by atoms with Crippen molar-refractivity contribution in [2.24, 2.45) is 0 Å². The van der Waals surface area contributed by atoms with Crippen molar-refractivity contribution in [1.82, 2.24) is 0 Å². The van der Waals surface area contributed by atoms with Crippen molar-refractivity contribution in [3.8, 4) is 0 Å². The van der Waals surface area contributed by atoms with Crippen molar-refractivity contribution in [2.45, 2.75) is 0 Å². The van der Waals surface area contributed by atoms with Gasteiger partial charge in [0.05, 0.1) is 13.2 Å². The fourth-order valence-electron chi connectivity index (χ4n) is 0. The van der Waals surface area contributed by atoms with Crippen LogP contribution in [0.1, 0.15) is 2.85 Å². The van der Waals surface area contributed by atoms with Crippen LogP contribution in [-0.4, -0.2) is 23.4 Å². The minimum Gasteiger partial charge on any atom is -1.00 e. The normalized spacial score (nSPS) is 5.00. The van der Waals surface area contributed by atoms with E-state index >= 15 is 0 Å². The largest absolute Gasteiger partial charge is 1.00 e. The molecule has 0 aliphatic heterocycles. The van der Waals surface area contributed by atoms with E-state index in [9.17, 15) is 0 Å². The molecule has 0 saturated carbocycles. The van der Waals surface area contributed by atoms with Crippen LogP contribution < -0.4 is 80.9 Å². The zero-order valence-electron chi connectivity index (χ0n) is 6.31. The third-order valence-corrected chi connectivity index (χ3v) is 0.1000. The Balaban J connectivity index is -0.00000000750. The van der Waals surface area contributed by atoms with Gasteiger partial charge in [-0.1, -0.05) is 0 Å². The van der Waals surface area contributed by atoms with Crippen molar-refractivity contribution >= 4 is 0 Å². The average Bonchev–Trinajstić information content (AvgIpc) is 1.37. The second kappa shape index (κ2) is 15.6. The maximum atomic E-state index is 7.62. The van der Waals surface area contributed by atoms with E-state index < -0.39 is 0 Å². The molecule has 0 heterocycles. The summed E-state index contributed by atoms with van der Waals surface area (Å²) in [5.41, 5.74) is 0. The molecule has 0 aromatic rings. The van der Waals surface area contributed by atoms with Gasteiger partial charge in [0, 0.05) is 0 Å². The van der Waals surface area contributed by atoms with Crippen LogP contribution in [0.5, 0.6) is 0 Å². The van der Waals surface area contributed by atoms with Crippen molar-refractivity contribution in [3.05, 3.63) is 0 Å². The van der Waals surface area contributed by atoms with Gasteiger partial charge in [-0.15, -0.1) is 0 Å². The van der Waals surface area contributed by atoms with Gasteiger partial charge in [-0.25, -0.2) is 0 Å². The Morgan fingerprint density at radius 2 is 1.33 bits per heavy atom. The molecule has 2 nitrogen and oxygen atoms in total. The number of hydrogen-bond acceptors (Lipinski definition) is 2. The van der Waals surface area contributed by atoms with Crippen LogP contribution in [0.15, 0.2) is 0 Å². The van der Waals surface area contributed by atoms with Crippen molar-refractivity contribution in [1.29, 1.82) is 0 Å². The molecule has 6 heavy (non-hydrogen) atoms. The Morgan fingerprint density at radius 3 is 1.33 bits per heavy atom. The van der Waals surface area contributed by atoms with E-state index in [2.05, 4.69) is 0 Å². The van der Waals surface area contributed by atoms with Crippen LogP contribution in [0.2, 0.25) is 0 Å². The van der Waals surface area contributed by atoms with Gasteiger partial charge in [0.15, 0.2) is 0 Å². The Morgan fingerprint density at radius 1 is 1.17 bits per heavy atom. The summed E-state index contributed by atoms with van der Waals surface area (Å²) in [7, 11) is 0. The number of aliphatic hydroxyl groups is 2. The minimum atomic E-state index is -0.125. The van der Waals surface area contributed by atoms with Gasteiger partial charge < -0.3 is 13.1 Å². The molecule has 2 N–H and O–H groups in total. The standard InChI is InChI=1S/C2H6O2.K.Na.2H/c3-1-2-4;;;;/h3-4H,1-2H2;;;;/q;2*+1;2*-1. The van der Waals surface area contributed by atoms with E-state index in [1.54, 1.807) is 0 Å². The molecule has 0 rings (SSSR count). The van der Waals surface area contributed by atoms with Crippen molar-refractivity contribution in [2.75, 3.05) is 13.2 Å². The molecule has 0 aromatic heterocycles. The molecule has 0 aliphatic rings. The van der Waals surface area contributed by atoms with Gasteiger partial charge in [0.25, 0.3) is 0 Å². The molecule has 0 fully saturated rings. The van der Waals surface area contributed by atoms with Crippen LogP contribution in [0.3, 0.4) is 0 Å². The predicted molar refractivity (Wildman–Crippen MR) is 16.4 cm³/mol. The molecule has 0 amide bonds. The molecule has 0 unspecified atom stereocenters. The summed E-state index contributed by atoms with van der Waals surface area (Å²) in [5.74, 6) is 0. The Kier molecular flexibility index (Phi) is 41.3. The molecule has 0 saturated heterocycles. The molecule has 0 aromatic carbocycles. The number of rotatable bonds is 1. The van der Waals surface area contributed by atoms with Crippen LogP contribution in [0.25, 0.3) is 0 Å². The summed E-state index contributed by atoms with van der Waals surface area (Å²) in [5, 5.41) is 15.2. The summed E-state index contributed by atoms with van der Waals surface area (Å²) >= 11 is 0. The van der Waals surface area contributed by atoms with Gasteiger partial charge in [0.2, 0.25) is 0 Å². The van der Waals surface area contributed by atoms with E-state index in [-0.39, 0.29) is 97.0 Å². The summed E-state index contributed by atoms with van der Waals surface area (Å²) < 4.78 is 0. The molecule has 30 valence electrons. The average molecular weight is 126 g/mol. The molecule has 0 spiro atoms. The van der Waals surface area contributed by atoms with Crippen LogP contribution in [-0.2, 0) is 0 Å². The van der Waals surface area contributed by atoms with Crippen LogP contribution >= 0.6 is 0 Å². The fourth-order valence-corrected chi connectivity index (χ4v) is 0. The third kappa shape index (κ3) is 16.0. The first-order valence-corrected chi connectivity index (χ1v) is 1.13. The summed E-state index contributed by atoms with van der Waals surface area (Å²) in [6.45, 7) is -0.250. The topological polar surface area (TPSA) is 40.5 Å². The smallest absolute Gasteiger partial charge is 1.00 e. The van der Waals surface area contributed by atoms with E-state index in [1.165, 1.54) is 0 Å². The van der Waals surface area contributed by atoms with Gasteiger partial charge in [-0.3, -0.25) is 0 Å². The van der Waals surface area contributed by atoms with Crippen LogP contribution in [0.4, 0.5) is 0 Å². The third-order valence-electron chi connectivity index (χ3n) is 0.1000. The molecule has 4 heteroatoms. The first-order valence-electron chi connectivity index (χ1n) is 1.13. The summed E-state index contributed by atoms with van der Waals surface area (Å²) in [6, 6.07) is 0. The molecular formula is C2H8KNaO2. The van der Waals surface area contributed by atoms with Crippen molar-refractivity contribution in [3.63, 3.8) is 0 Å². The Bertz CT molecular complexity index is 20.0. The zero-order valence-corrected chi connectivity index (χ0v) is 9.43. The SMILES string of the molecule is OCCO.[H-].[H-].[K+].[Na+].